The Morgan fingerprint density at radius 1 is 0.786 bits per heavy atom. The Hall–Kier alpha value is -4.16. The molecule has 42 heavy (non-hydrogen) atoms. The minimum atomic E-state index is -0.385. The van der Waals surface area contributed by atoms with Crippen molar-refractivity contribution in [1.82, 2.24) is 20.1 Å². The Labute approximate surface area is 253 Å². The van der Waals surface area contributed by atoms with E-state index in [1.807, 2.05) is 36.4 Å². The van der Waals surface area contributed by atoms with E-state index >= 15 is 0 Å². The van der Waals surface area contributed by atoms with Gasteiger partial charge in [0.2, 0.25) is 0 Å². The van der Waals surface area contributed by atoms with Crippen LogP contribution in [-0.4, -0.2) is 20.7 Å². The van der Waals surface area contributed by atoms with Gasteiger partial charge < -0.3 is 5.32 Å². The smallest absolute Gasteiger partial charge is 0.251 e. The molecule has 0 spiro atoms. The van der Waals surface area contributed by atoms with Gasteiger partial charge in [-0.3, -0.25) is 9.36 Å². The van der Waals surface area contributed by atoms with Gasteiger partial charge in [0.05, 0.1) is 6.04 Å². The van der Waals surface area contributed by atoms with Crippen LogP contribution in [0.2, 0.25) is 0 Å². The summed E-state index contributed by atoms with van der Waals surface area (Å²) in [6, 6.07) is 36.6. The second-order valence-corrected chi connectivity index (χ2v) is 11.6. The molecule has 5 aromatic rings. The fourth-order valence-electron chi connectivity index (χ4n) is 4.96. The van der Waals surface area contributed by atoms with Crippen LogP contribution in [0.4, 0.5) is 0 Å². The highest BCUT2D eigenvalue weighted by molar-refractivity contribution is 7.98. The van der Waals surface area contributed by atoms with Crippen molar-refractivity contribution < 1.29 is 4.79 Å². The molecule has 0 fully saturated rings. The molecule has 0 saturated carbocycles. The van der Waals surface area contributed by atoms with Crippen LogP contribution in [0, 0.1) is 6.92 Å². The van der Waals surface area contributed by atoms with Gasteiger partial charge in [-0.2, -0.15) is 0 Å². The molecular formula is C36H38N4OS. The molecule has 0 bridgehead atoms. The monoisotopic (exact) mass is 574 g/mol. The average Bonchev–Trinajstić information content (AvgIpc) is 3.45. The number of unbranched alkanes of at least 4 members (excludes halogenated alkanes) is 2. The van der Waals surface area contributed by atoms with Crippen LogP contribution < -0.4 is 5.32 Å². The summed E-state index contributed by atoms with van der Waals surface area (Å²) in [7, 11) is 0. The third-order valence-corrected chi connectivity index (χ3v) is 8.35. The van der Waals surface area contributed by atoms with Gasteiger partial charge in [-0.1, -0.05) is 122 Å². The number of benzene rings is 4. The summed E-state index contributed by atoms with van der Waals surface area (Å²) in [6.45, 7) is 4.29. The first kappa shape index (κ1) is 29.3. The third kappa shape index (κ3) is 7.77. The number of aryl methyl sites for hydroxylation is 2. The maximum absolute atomic E-state index is 13.6. The highest BCUT2D eigenvalue weighted by Gasteiger charge is 2.25. The third-order valence-electron chi connectivity index (χ3n) is 7.35. The molecule has 1 atom stereocenters. The van der Waals surface area contributed by atoms with Crippen molar-refractivity contribution in [2.45, 2.75) is 62.9 Å². The molecule has 1 unspecified atom stereocenters. The number of hydrogen-bond donors (Lipinski definition) is 1. The predicted octanol–water partition coefficient (Wildman–Crippen LogP) is 8.31. The van der Waals surface area contributed by atoms with E-state index in [1.165, 1.54) is 36.0 Å². The lowest BCUT2D eigenvalue weighted by Gasteiger charge is -2.20. The summed E-state index contributed by atoms with van der Waals surface area (Å²) in [5.74, 6) is 1.36. The van der Waals surface area contributed by atoms with Crippen molar-refractivity contribution in [2.24, 2.45) is 0 Å². The van der Waals surface area contributed by atoms with Gasteiger partial charge in [0, 0.05) is 17.0 Å². The zero-order chi connectivity index (χ0) is 29.1. The van der Waals surface area contributed by atoms with Crippen molar-refractivity contribution in [1.29, 1.82) is 0 Å². The highest BCUT2D eigenvalue weighted by Crippen LogP contribution is 2.29. The molecule has 1 heterocycles. The Morgan fingerprint density at radius 3 is 2.12 bits per heavy atom. The topological polar surface area (TPSA) is 59.8 Å². The fraction of sp³-hybridized carbons (Fsp3) is 0.250. The molecule has 5 nitrogen and oxygen atoms in total. The van der Waals surface area contributed by atoms with Crippen LogP contribution in [0.25, 0.3) is 5.69 Å². The molecule has 0 saturated heterocycles. The minimum absolute atomic E-state index is 0.118. The minimum Gasteiger partial charge on any atom is -0.342 e. The van der Waals surface area contributed by atoms with Gasteiger partial charge in [-0.25, -0.2) is 0 Å². The number of carbonyl (C=O) groups is 1. The second kappa shape index (κ2) is 14.6. The van der Waals surface area contributed by atoms with Crippen LogP contribution in [-0.2, 0) is 18.6 Å². The summed E-state index contributed by atoms with van der Waals surface area (Å²) in [5.41, 5.74) is 6.40. The van der Waals surface area contributed by atoms with E-state index < -0.39 is 0 Å². The lowest BCUT2D eigenvalue weighted by Crippen LogP contribution is -2.32. The quantitative estimate of drug-likeness (QED) is 0.113. The van der Waals surface area contributed by atoms with E-state index in [-0.39, 0.29) is 11.9 Å². The SMILES string of the molecule is CCCCCc1ccc(C(=O)NC(Cc2ccccc2)c2nnc(SCc3ccccc3)n2-c2ccc(C)cc2)cc1. The summed E-state index contributed by atoms with van der Waals surface area (Å²) in [5, 5.41) is 13.4. The summed E-state index contributed by atoms with van der Waals surface area (Å²) >= 11 is 1.65. The molecule has 0 aliphatic heterocycles. The lowest BCUT2D eigenvalue weighted by atomic mass is 10.0. The normalized spacial score (nSPS) is 11.8. The van der Waals surface area contributed by atoms with Crippen LogP contribution >= 0.6 is 11.8 Å². The standard InChI is InChI=1S/C36H38N4OS/c1-3-4-7-12-28-19-21-31(22-20-28)35(41)37-33(25-29-13-8-5-9-14-29)34-38-39-36(42-26-30-15-10-6-11-16-30)40(34)32-23-17-27(2)18-24-32/h5-6,8-11,13-24,33H,3-4,7,12,25-26H2,1-2H3,(H,37,41). The Balaban J connectivity index is 1.46. The Bertz CT molecular complexity index is 1550. The number of nitrogens with one attached hydrogen (secondary N) is 1. The van der Waals surface area contributed by atoms with E-state index in [0.717, 1.165) is 28.6 Å². The Morgan fingerprint density at radius 2 is 1.45 bits per heavy atom. The van der Waals surface area contributed by atoms with E-state index in [0.29, 0.717) is 17.8 Å². The van der Waals surface area contributed by atoms with Crippen molar-refractivity contribution >= 4 is 17.7 Å². The number of nitrogens with zero attached hydrogens (tertiary/aromatic N) is 3. The van der Waals surface area contributed by atoms with Crippen molar-refractivity contribution in [3.8, 4) is 5.69 Å². The molecule has 214 valence electrons. The number of carbonyl (C=O) groups excluding carboxylic acids is 1. The number of rotatable bonds is 13. The predicted molar refractivity (Wildman–Crippen MR) is 172 cm³/mol. The molecule has 1 amide bonds. The van der Waals surface area contributed by atoms with Gasteiger partial charge in [0.15, 0.2) is 11.0 Å². The van der Waals surface area contributed by atoms with Crippen molar-refractivity contribution in [3.63, 3.8) is 0 Å². The van der Waals surface area contributed by atoms with E-state index in [2.05, 4.69) is 102 Å². The fourth-order valence-corrected chi connectivity index (χ4v) is 5.87. The molecule has 4 aromatic carbocycles. The van der Waals surface area contributed by atoms with Gasteiger partial charge in [-0.15, -0.1) is 10.2 Å². The molecule has 1 aromatic heterocycles. The molecule has 0 radical (unpaired) electrons. The zero-order valence-electron chi connectivity index (χ0n) is 24.4. The van der Waals surface area contributed by atoms with Gasteiger partial charge in [0.1, 0.15) is 0 Å². The lowest BCUT2D eigenvalue weighted by molar-refractivity contribution is 0.0934. The van der Waals surface area contributed by atoms with E-state index in [4.69, 9.17) is 5.10 Å². The van der Waals surface area contributed by atoms with Crippen molar-refractivity contribution in [3.05, 3.63) is 143 Å². The van der Waals surface area contributed by atoms with Crippen LogP contribution in [0.1, 0.15) is 70.7 Å². The maximum atomic E-state index is 13.6. The van der Waals surface area contributed by atoms with Gasteiger partial charge >= 0.3 is 0 Å². The second-order valence-electron chi connectivity index (χ2n) is 10.7. The molecular weight excluding hydrogens is 536 g/mol. The first-order chi connectivity index (χ1) is 20.6. The first-order valence-corrected chi connectivity index (χ1v) is 15.7. The van der Waals surface area contributed by atoms with Crippen LogP contribution in [0.5, 0.6) is 0 Å². The molecule has 5 rings (SSSR count). The average molecular weight is 575 g/mol. The number of aromatic nitrogens is 3. The molecule has 1 N–H and O–H groups in total. The van der Waals surface area contributed by atoms with Gasteiger partial charge in [0.25, 0.3) is 5.91 Å². The number of hydrogen-bond acceptors (Lipinski definition) is 4. The summed E-state index contributed by atoms with van der Waals surface area (Å²) in [4.78, 5) is 13.6. The number of amides is 1. The first-order valence-electron chi connectivity index (χ1n) is 14.7. The summed E-state index contributed by atoms with van der Waals surface area (Å²) in [6.07, 6.45) is 5.21. The molecule has 0 aliphatic rings. The molecule has 0 aliphatic carbocycles. The highest BCUT2D eigenvalue weighted by atomic mass is 32.2. The van der Waals surface area contributed by atoms with Crippen LogP contribution in [0.15, 0.2) is 114 Å². The van der Waals surface area contributed by atoms with E-state index in [9.17, 15) is 4.79 Å². The van der Waals surface area contributed by atoms with E-state index in [1.54, 1.807) is 11.8 Å². The van der Waals surface area contributed by atoms with Crippen molar-refractivity contribution in [2.75, 3.05) is 0 Å². The van der Waals surface area contributed by atoms with Gasteiger partial charge in [-0.05, 0) is 67.1 Å². The van der Waals surface area contributed by atoms with Crippen LogP contribution in [0.3, 0.4) is 0 Å². The zero-order valence-corrected chi connectivity index (χ0v) is 25.2. The number of thioether (sulfide) groups is 1. The maximum Gasteiger partial charge on any atom is 0.251 e. The Kier molecular flexibility index (Phi) is 10.2. The molecule has 6 heteroatoms. The summed E-state index contributed by atoms with van der Waals surface area (Å²) < 4.78 is 2.10. The largest absolute Gasteiger partial charge is 0.342 e.